The average Bonchev–Trinajstić information content (AvgIpc) is 0.847. The number of allylic oxidation sites excluding steroid dienone is 8. The molecule has 2 unspecified atom stereocenters. The molecule has 0 aromatic carbocycles. The zero-order valence-corrected chi connectivity index (χ0v) is 72.5. The lowest BCUT2D eigenvalue weighted by Crippen LogP contribution is -2.61. The van der Waals surface area contributed by atoms with E-state index in [4.69, 9.17) is 18.9 Å². The molecule has 14 heteroatoms. The second-order valence-electron chi connectivity index (χ2n) is 32.4. The summed E-state index contributed by atoms with van der Waals surface area (Å²) in [4.78, 5) is 82.8. The lowest BCUT2D eigenvalue weighted by atomic mass is 10.0. The van der Waals surface area contributed by atoms with Gasteiger partial charge in [0.1, 0.15) is 38.5 Å². The van der Waals surface area contributed by atoms with Gasteiger partial charge in [0, 0.05) is 51.9 Å². The molecule has 640 valence electrons. The topological polar surface area (TPSA) is 170 Å². The van der Waals surface area contributed by atoms with E-state index >= 15 is 0 Å². The van der Waals surface area contributed by atoms with Crippen molar-refractivity contribution >= 4 is 35.7 Å². The Morgan fingerprint density at radius 2 is 0.427 bits per heavy atom. The van der Waals surface area contributed by atoms with Gasteiger partial charge in [0.25, 0.3) is 0 Å². The quantitative estimate of drug-likeness (QED) is 0.0256. The number of hydrogen-bond donors (Lipinski definition) is 2. The van der Waals surface area contributed by atoms with Crippen molar-refractivity contribution in [3.8, 4) is 0 Å². The van der Waals surface area contributed by atoms with Crippen LogP contribution in [0.15, 0.2) is 48.6 Å². The number of nitrogens with zero attached hydrogens (tertiary/aromatic N) is 2. The van der Waals surface area contributed by atoms with Crippen LogP contribution in [-0.2, 0) is 47.7 Å². The monoisotopic (exact) mass is 1550 g/mol. The summed E-state index contributed by atoms with van der Waals surface area (Å²) in [5, 5.41) is 6.03. The second-order valence-corrected chi connectivity index (χ2v) is 32.4. The summed E-state index contributed by atoms with van der Waals surface area (Å²) in [6, 6.07) is -1.25. The van der Waals surface area contributed by atoms with E-state index in [-0.39, 0.29) is 62.1 Å². The van der Waals surface area contributed by atoms with Crippen LogP contribution in [0.25, 0.3) is 0 Å². The molecule has 0 saturated carbocycles. The lowest BCUT2D eigenvalue weighted by Gasteiger charge is -2.30. The largest absolute Gasteiger partial charge is 0.464 e. The van der Waals surface area contributed by atoms with E-state index in [1.165, 1.54) is 263 Å². The third kappa shape index (κ3) is 73.8. The highest BCUT2D eigenvalue weighted by molar-refractivity contribution is 5.96. The van der Waals surface area contributed by atoms with Crippen LogP contribution in [0.5, 0.6) is 0 Å². The fourth-order valence-corrected chi connectivity index (χ4v) is 14.6. The molecule has 0 bridgehead atoms. The van der Waals surface area contributed by atoms with Crippen LogP contribution >= 0.6 is 0 Å². The standard InChI is InChI=1S/C96H176N4O10/c1-5-9-13-17-21-25-29-33-37-38-39-40-44-48-52-56-60-64-68-78-94(104)110-88-84-100(83-87-109-93(103)77-67-63-59-55-51-47-43-36-32-28-24-20-16-12-8-4)80-72-70-74-90-96(106)97-89(95(105)98-90)73-69-71-79-99(81-85-107-91(101)75-65-61-57-53-49-45-41-34-30-26-22-18-14-10-6-2)82-86-108-92(102)76-66-62-58-54-50-46-42-35-31-27-23-19-15-11-7-3/h33-37,41-43,89-90H,5-32,38-40,44-88H2,1-4H3,(H,97,106)(H,98,105)/b37-33-,41-34-,42-35-,43-36-. The van der Waals surface area contributed by atoms with Gasteiger partial charge in [0.2, 0.25) is 11.8 Å². The highest BCUT2D eigenvalue weighted by Crippen LogP contribution is 2.19. The van der Waals surface area contributed by atoms with Gasteiger partial charge in [-0.25, -0.2) is 0 Å². The van der Waals surface area contributed by atoms with Gasteiger partial charge < -0.3 is 29.6 Å². The molecule has 2 N–H and O–H groups in total. The van der Waals surface area contributed by atoms with Crippen molar-refractivity contribution in [1.82, 2.24) is 20.4 Å². The maximum atomic E-state index is 13.5. The number of amides is 2. The van der Waals surface area contributed by atoms with E-state index in [2.05, 4.69) is 96.7 Å². The summed E-state index contributed by atoms with van der Waals surface area (Å²) in [6.45, 7) is 13.5. The van der Waals surface area contributed by atoms with Gasteiger partial charge in [-0.3, -0.25) is 38.6 Å². The third-order valence-electron chi connectivity index (χ3n) is 22.0. The molecular weight excluding hydrogens is 1370 g/mol. The van der Waals surface area contributed by atoms with E-state index in [0.717, 1.165) is 109 Å². The van der Waals surface area contributed by atoms with E-state index in [1.54, 1.807) is 0 Å². The van der Waals surface area contributed by atoms with Gasteiger partial charge in [0.05, 0.1) is 0 Å². The number of ether oxygens (including phenoxy) is 4. The van der Waals surface area contributed by atoms with Crippen LogP contribution in [0.2, 0.25) is 0 Å². The normalized spacial score (nSPS) is 14.0. The molecule has 0 radical (unpaired) electrons. The molecule has 1 aliphatic rings. The van der Waals surface area contributed by atoms with E-state index in [9.17, 15) is 28.8 Å². The smallest absolute Gasteiger partial charge is 0.305 e. The van der Waals surface area contributed by atoms with Crippen molar-refractivity contribution in [2.75, 3.05) is 65.7 Å². The number of rotatable bonds is 86. The summed E-state index contributed by atoms with van der Waals surface area (Å²) >= 11 is 0. The molecule has 2 amide bonds. The molecule has 0 aromatic rings. The molecular formula is C96H176N4O10. The second kappa shape index (κ2) is 84.1. The van der Waals surface area contributed by atoms with Gasteiger partial charge in [0.15, 0.2) is 0 Å². The Morgan fingerprint density at radius 3 is 0.627 bits per heavy atom. The molecule has 2 atom stereocenters. The van der Waals surface area contributed by atoms with Crippen molar-refractivity contribution in [1.29, 1.82) is 0 Å². The Labute approximate surface area is 678 Å². The van der Waals surface area contributed by atoms with Crippen LogP contribution in [-0.4, -0.2) is 123 Å². The Balaban J connectivity index is 2.65. The first-order valence-electron chi connectivity index (χ1n) is 47.4. The average molecular weight is 1550 g/mol. The van der Waals surface area contributed by atoms with Crippen LogP contribution in [0.1, 0.15) is 451 Å². The number of nitrogens with one attached hydrogen (secondary N) is 2. The zero-order chi connectivity index (χ0) is 79.4. The van der Waals surface area contributed by atoms with Crippen LogP contribution in [0.4, 0.5) is 0 Å². The van der Waals surface area contributed by atoms with Gasteiger partial charge in [-0.05, 0) is 180 Å². The van der Waals surface area contributed by atoms with Gasteiger partial charge >= 0.3 is 23.9 Å². The number of hydrogen-bond acceptors (Lipinski definition) is 12. The Hall–Kier alpha value is -4.30. The van der Waals surface area contributed by atoms with Crippen LogP contribution in [0.3, 0.4) is 0 Å². The fraction of sp³-hybridized carbons (Fsp3) is 0.854. The van der Waals surface area contributed by atoms with Crippen molar-refractivity contribution in [2.45, 2.75) is 464 Å². The maximum Gasteiger partial charge on any atom is 0.305 e. The highest BCUT2D eigenvalue weighted by Gasteiger charge is 2.33. The predicted octanol–water partition coefficient (Wildman–Crippen LogP) is 25.8. The van der Waals surface area contributed by atoms with Crippen LogP contribution < -0.4 is 10.6 Å². The Bertz CT molecular complexity index is 2140. The van der Waals surface area contributed by atoms with Gasteiger partial charge in [-0.15, -0.1) is 0 Å². The first-order chi connectivity index (χ1) is 54.1. The molecule has 110 heavy (non-hydrogen) atoms. The molecule has 14 nitrogen and oxygen atoms in total. The van der Waals surface area contributed by atoms with Crippen molar-refractivity contribution < 1.29 is 47.7 Å². The summed E-state index contributed by atoms with van der Waals surface area (Å²) < 4.78 is 22.9. The third-order valence-corrected chi connectivity index (χ3v) is 22.0. The van der Waals surface area contributed by atoms with Crippen molar-refractivity contribution in [2.24, 2.45) is 0 Å². The summed E-state index contributed by atoms with van der Waals surface area (Å²) in [5.74, 6) is -1.03. The minimum absolute atomic E-state index is 0.167. The fourth-order valence-electron chi connectivity index (χ4n) is 14.6. The van der Waals surface area contributed by atoms with Crippen molar-refractivity contribution in [3.05, 3.63) is 48.6 Å². The molecule has 1 saturated heterocycles. The molecule has 0 aliphatic carbocycles. The van der Waals surface area contributed by atoms with Crippen LogP contribution in [0, 0.1) is 0 Å². The van der Waals surface area contributed by atoms with E-state index in [0.29, 0.717) is 90.6 Å². The van der Waals surface area contributed by atoms with Gasteiger partial charge in [-0.1, -0.05) is 307 Å². The zero-order valence-electron chi connectivity index (χ0n) is 72.5. The first-order valence-corrected chi connectivity index (χ1v) is 47.4. The van der Waals surface area contributed by atoms with Crippen molar-refractivity contribution in [3.63, 3.8) is 0 Å². The number of unbranched alkanes of at least 4 members (excludes halogenated alkanes) is 50. The number of carbonyl (C=O) groups is 6. The molecule has 1 heterocycles. The highest BCUT2D eigenvalue weighted by atomic mass is 16.5. The molecule has 0 spiro atoms. The summed E-state index contributed by atoms with van der Waals surface area (Å²) in [6.07, 6.45) is 92.7. The number of esters is 4. The van der Waals surface area contributed by atoms with E-state index in [1.807, 2.05) is 0 Å². The number of carbonyl (C=O) groups excluding carboxylic acids is 6. The Morgan fingerprint density at radius 1 is 0.245 bits per heavy atom. The van der Waals surface area contributed by atoms with Gasteiger partial charge in [-0.2, -0.15) is 0 Å². The summed E-state index contributed by atoms with van der Waals surface area (Å²) in [5.41, 5.74) is 0. The first kappa shape index (κ1) is 104. The molecule has 1 rings (SSSR count). The maximum absolute atomic E-state index is 13.5. The molecule has 1 fully saturated rings. The predicted molar refractivity (Wildman–Crippen MR) is 465 cm³/mol. The van der Waals surface area contributed by atoms with E-state index < -0.39 is 12.1 Å². The molecule has 1 aliphatic heterocycles. The minimum atomic E-state index is -0.623. The lowest BCUT2D eigenvalue weighted by molar-refractivity contribution is -0.146. The minimum Gasteiger partial charge on any atom is -0.464 e. The Kier molecular flexibility index (Phi) is 79.3. The SMILES string of the molecule is CCCCCCCC/C=C\CCCCCCCCCCCC(=O)OCCN(CCCCC1NC(=O)C(CCCCN(CCOC(=O)CCCCCCC/C=C\CCCCCCCC)CCOC(=O)CCCCCCC/C=C\CCCCCCCC)NC1=O)CCOC(=O)CCCCCCC/C=C\CCCCCCCC. The summed E-state index contributed by atoms with van der Waals surface area (Å²) in [7, 11) is 0. The molecule has 0 aromatic heterocycles. The number of piperazine rings is 1.